The van der Waals surface area contributed by atoms with Gasteiger partial charge in [-0.15, -0.1) is 0 Å². The molecule has 112 valence electrons. The van der Waals surface area contributed by atoms with Gasteiger partial charge in [0.05, 0.1) is 6.61 Å². The fraction of sp³-hybridized carbons (Fsp3) is 0.647. The molecular weight excluding hydrogens is 248 g/mol. The van der Waals surface area contributed by atoms with Gasteiger partial charge in [0.25, 0.3) is 0 Å². The minimum absolute atomic E-state index is 0.818. The van der Waals surface area contributed by atoms with Crippen LogP contribution in [-0.2, 0) is 0 Å². The summed E-state index contributed by atoms with van der Waals surface area (Å²) < 4.78 is 5.91. The fourth-order valence-corrected chi connectivity index (χ4v) is 2.66. The Balaban J connectivity index is 1.65. The molecule has 0 bridgehead atoms. The first-order valence-electron chi connectivity index (χ1n) is 7.84. The number of hydrogen-bond acceptors (Lipinski definition) is 3. The summed E-state index contributed by atoms with van der Waals surface area (Å²) in [5, 5.41) is 0. The van der Waals surface area contributed by atoms with Gasteiger partial charge in [-0.05, 0) is 44.0 Å². The molecule has 1 aromatic carbocycles. The second-order valence-corrected chi connectivity index (χ2v) is 5.75. The largest absolute Gasteiger partial charge is 0.493 e. The van der Waals surface area contributed by atoms with Crippen LogP contribution >= 0.6 is 0 Å². The summed E-state index contributed by atoms with van der Waals surface area (Å²) in [6, 6.07) is 6.40. The molecule has 0 N–H and O–H groups in total. The molecule has 3 heteroatoms. The van der Waals surface area contributed by atoms with Crippen LogP contribution < -0.4 is 4.74 Å². The molecule has 0 unspecified atom stereocenters. The Bertz CT molecular complexity index is 411. The number of piperazine rings is 1. The van der Waals surface area contributed by atoms with Crippen molar-refractivity contribution >= 4 is 0 Å². The van der Waals surface area contributed by atoms with Crippen LogP contribution in [-0.4, -0.2) is 55.7 Å². The van der Waals surface area contributed by atoms with E-state index in [2.05, 4.69) is 48.8 Å². The highest BCUT2D eigenvalue weighted by atomic mass is 16.5. The molecule has 0 amide bonds. The highest BCUT2D eigenvalue weighted by Crippen LogP contribution is 2.19. The molecule has 0 aliphatic carbocycles. The zero-order valence-electron chi connectivity index (χ0n) is 13.2. The van der Waals surface area contributed by atoms with Crippen LogP contribution in [0.2, 0.25) is 0 Å². The van der Waals surface area contributed by atoms with Gasteiger partial charge < -0.3 is 14.5 Å². The summed E-state index contributed by atoms with van der Waals surface area (Å²) in [5.41, 5.74) is 2.49. The maximum absolute atomic E-state index is 5.91. The average Bonchev–Trinajstić information content (AvgIpc) is 2.47. The smallest absolute Gasteiger partial charge is 0.122 e. The Labute approximate surface area is 123 Å². The first-order chi connectivity index (χ1) is 9.69. The number of benzene rings is 1. The van der Waals surface area contributed by atoms with Crippen LogP contribution in [0.25, 0.3) is 0 Å². The van der Waals surface area contributed by atoms with E-state index in [0.717, 1.165) is 25.3 Å². The molecule has 3 nitrogen and oxygen atoms in total. The summed E-state index contributed by atoms with van der Waals surface area (Å²) >= 11 is 0. The third-order valence-corrected chi connectivity index (χ3v) is 4.13. The number of rotatable bonds is 6. The topological polar surface area (TPSA) is 15.7 Å². The van der Waals surface area contributed by atoms with E-state index in [4.69, 9.17) is 4.74 Å². The van der Waals surface area contributed by atoms with Gasteiger partial charge in [-0.3, -0.25) is 0 Å². The normalized spacial score (nSPS) is 17.4. The van der Waals surface area contributed by atoms with Gasteiger partial charge in [-0.25, -0.2) is 0 Å². The second kappa shape index (κ2) is 7.65. The van der Waals surface area contributed by atoms with Crippen LogP contribution in [0.4, 0.5) is 0 Å². The highest BCUT2D eigenvalue weighted by molar-refractivity contribution is 5.35. The lowest BCUT2D eigenvalue weighted by atomic mass is 10.1. The lowest BCUT2D eigenvalue weighted by molar-refractivity contribution is 0.130. The Morgan fingerprint density at radius 3 is 2.45 bits per heavy atom. The van der Waals surface area contributed by atoms with Gasteiger partial charge in [-0.1, -0.05) is 19.1 Å². The molecule has 0 saturated carbocycles. The van der Waals surface area contributed by atoms with Crippen molar-refractivity contribution in [3.63, 3.8) is 0 Å². The third kappa shape index (κ3) is 4.50. The van der Waals surface area contributed by atoms with Crippen LogP contribution in [0.1, 0.15) is 24.5 Å². The molecule has 1 aliphatic rings. The minimum Gasteiger partial charge on any atom is -0.493 e. The maximum atomic E-state index is 5.91. The molecule has 20 heavy (non-hydrogen) atoms. The predicted octanol–water partition coefficient (Wildman–Crippen LogP) is 2.71. The van der Waals surface area contributed by atoms with Crippen molar-refractivity contribution in [2.24, 2.45) is 0 Å². The Morgan fingerprint density at radius 1 is 1.05 bits per heavy atom. The Hall–Kier alpha value is -1.06. The summed E-state index contributed by atoms with van der Waals surface area (Å²) in [4.78, 5) is 5.07. The monoisotopic (exact) mass is 276 g/mol. The van der Waals surface area contributed by atoms with Gasteiger partial charge >= 0.3 is 0 Å². The molecule has 1 aliphatic heterocycles. The van der Waals surface area contributed by atoms with E-state index >= 15 is 0 Å². The molecule has 0 aromatic heterocycles. The van der Waals surface area contributed by atoms with Gasteiger partial charge in [0.15, 0.2) is 0 Å². The van der Waals surface area contributed by atoms with Crippen LogP contribution in [0.5, 0.6) is 5.75 Å². The average molecular weight is 276 g/mol. The zero-order valence-corrected chi connectivity index (χ0v) is 13.2. The molecule has 0 spiro atoms. The quantitative estimate of drug-likeness (QED) is 0.743. The molecule has 0 radical (unpaired) electrons. The fourth-order valence-electron chi connectivity index (χ4n) is 2.66. The summed E-state index contributed by atoms with van der Waals surface area (Å²) in [7, 11) is 0. The minimum atomic E-state index is 0.818. The van der Waals surface area contributed by atoms with Crippen molar-refractivity contribution in [1.29, 1.82) is 0 Å². The first kappa shape index (κ1) is 15.3. The SMILES string of the molecule is CCN1CCN(CCCOc2cc(C)ccc2C)CC1. The van der Waals surface area contributed by atoms with Crippen molar-refractivity contribution in [3.05, 3.63) is 29.3 Å². The van der Waals surface area contributed by atoms with Crippen molar-refractivity contribution in [2.45, 2.75) is 27.2 Å². The Morgan fingerprint density at radius 2 is 1.75 bits per heavy atom. The van der Waals surface area contributed by atoms with E-state index in [-0.39, 0.29) is 0 Å². The second-order valence-electron chi connectivity index (χ2n) is 5.75. The first-order valence-corrected chi connectivity index (χ1v) is 7.84. The van der Waals surface area contributed by atoms with Crippen molar-refractivity contribution in [1.82, 2.24) is 9.80 Å². The number of likely N-dealkylation sites (N-methyl/N-ethyl adjacent to an activating group) is 1. The molecule has 2 rings (SSSR count). The van der Waals surface area contributed by atoms with Gasteiger partial charge in [0, 0.05) is 32.7 Å². The molecule has 1 fully saturated rings. The van der Waals surface area contributed by atoms with E-state index < -0.39 is 0 Å². The van der Waals surface area contributed by atoms with Gasteiger partial charge in [0.2, 0.25) is 0 Å². The number of hydrogen-bond donors (Lipinski definition) is 0. The summed E-state index contributed by atoms with van der Waals surface area (Å²) in [5.74, 6) is 1.04. The maximum Gasteiger partial charge on any atom is 0.122 e. The van der Waals surface area contributed by atoms with E-state index in [1.165, 1.54) is 43.9 Å². The molecule has 1 heterocycles. The van der Waals surface area contributed by atoms with E-state index in [0.29, 0.717) is 0 Å². The number of aryl methyl sites for hydroxylation is 2. The van der Waals surface area contributed by atoms with Gasteiger partial charge in [0.1, 0.15) is 5.75 Å². The lowest BCUT2D eigenvalue weighted by Crippen LogP contribution is -2.46. The molecule has 1 saturated heterocycles. The van der Waals surface area contributed by atoms with E-state index in [1.54, 1.807) is 0 Å². The van der Waals surface area contributed by atoms with Crippen molar-refractivity contribution in [2.75, 3.05) is 45.9 Å². The van der Waals surface area contributed by atoms with E-state index in [9.17, 15) is 0 Å². The van der Waals surface area contributed by atoms with E-state index in [1.807, 2.05) is 0 Å². The molecular formula is C17H28N2O. The standard InChI is InChI=1S/C17H28N2O/c1-4-18-9-11-19(12-10-18)8-5-13-20-17-14-15(2)6-7-16(17)3/h6-7,14H,4-5,8-13H2,1-3H3. The van der Waals surface area contributed by atoms with Crippen LogP contribution in [0, 0.1) is 13.8 Å². The molecule has 1 aromatic rings. The summed E-state index contributed by atoms with van der Waals surface area (Å²) in [6.45, 7) is 14.5. The highest BCUT2D eigenvalue weighted by Gasteiger charge is 2.14. The zero-order chi connectivity index (χ0) is 14.4. The van der Waals surface area contributed by atoms with Crippen LogP contribution in [0.15, 0.2) is 18.2 Å². The van der Waals surface area contributed by atoms with Crippen LogP contribution in [0.3, 0.4) is 0 Å². The van der Waals surface area contributed by atoms with Crippen molar-refractivity contribution < 1.29 is 4.74 Å². The van der Waals surface area contributed by atoms with Crippen molar-refractivity contribution in [3.8, 4) is 5.75 Å². The van der Waals surface area contributed by atoms with Gasteiger partial charge in [-0.2, -0.15) is 0 Å². The summed E-state index contributed by atoms with van der Waals surface area (Å²) in [6.07, 6.45) is 1.11. The number of ether oxygens (including phenoxy) is 1. The third-order valence-electron chi connectivity index (χ3n) is 4.13. The predicted molar refractivity (Wildman–Crippen MR) is 84.6 cm³/mol. The lowest BCUT2D eigenvalue weighted by Gasteiger charge is -2.33. The number of nitrogens with zero attached hydrogens (tertiary/aromatic N) is 2. The molecule has 0 atom stereocenters. The Kier molecular flexibility index (Phi) is 5.86.